The summed E-state index contributed by atoms with van der Waals surface area (Å²) >= 11 is 5.23. The maximum atomic E-state index is 13.9. The maximum absolute atomic E-state index is 13.9. The molecule has 1 amide bonds. The number of unbranched alkanes of at least 4 members (excludes halogenated alkanes) is 1. The van der Waals surface area contributed by atoms with Crippen molar-refractivity contribution in [1.29, 1.82) is 0 Å². The van der Waals surface area contributed by atoms with E-state index in [1.54, 1.807) is 29.8 Å². The Bertz CT molecular complexity index is 1670. The van der Waals surface area contributed by atoms with Crippen molar-refractivity contribution in [2.75, 3.05) is 25.2 Å². The van der Waals surface area contributed by atoms with Crippen molar-refractivity contribution >= 4 is 39.9 Å². The van der Waals surface area contributed by atoms with Gasteiger partial charge in [0.25, 0.3) is 5.56 Å². The van der Waals surface area contributed by atoms with Crippen LogP contribution < -0.4 is 20.9 Å². The van der Waals surface area contributed by atoms with E-state index in [0.717, 1.165) is 35.1 Å². The van der Waals surface area contributed by atoms with Crippen LogP contribution in [0.15, 0.2) is 71.5 Å². The van der Waals surface area contributed by atoms with Gasteiger partial charge in [-0.2, -0.15) is 0 Å². The summed E-state index contributed by atoms with van der Waals surface area (Å²) in [5, 5.41) is 1.04. The van der Waals surface area contributed by atoms with Crippen LogP contribution in [0.3, 0.4) is 0 Å². The molecule has 0 bridgehead atoms. The molecule has 5 rings (SSSR count). The van der Waals surface area contributed by atoms with Crippen molar-refractivity contribution in [3.05, 3.63) is 93.8 Å². The Balaban J connectivity index is 1.56. The van der Waals surface area contributed by atoms with E-state index in [4.69, 9.17) is 27.4 Å². The number of rotatable bonds is 10. The van der Waals surface area contributed by atoms with Gasteiger partial charge in [-0.15, -0.1) is 0 Å². The van der Waals surface area contributed by atoms with Crippen LogP contribution >= 0.6 is 12.2 Å². The first-order valence-electron chi connectivity index (χ1n) is 14.4. The monoisotopic (exact) mass is 583 g/mol. The fourth-order valence-electron chi connectivity index (χ4n) is 5.66. The van der Waals surface area contributed by atoms with Gasteiger partial charge in [-0.1, -0.05) is 94.0 Å². The molecule has 0 radical (unpaired) electrons. The molecule has 0 unspecified atom stereocenters. The number of carbonyl (C=O) groups excluding carboxylic acids is 1. The molecule has 8 heteroatoms. The number of pyridine rings is 1. The lowest BCUT2D eigenvalue weighted by atomic mass is 9.98. The number of thiocarbonyl (C=S) groups is 1. The first-order valence-corrected chi connectivity index (χ1v) is 14.9. The summed E-state index contributed by atoms with van der Waals surface area (Å²) in [6.45, 7) is 7.12. The molecule has 1 heterocycles. The zero-order chi connectivity index (χ0) is 30.0. The molecular formula is C34H37N3O4S. The third-order valence-electron chi connectivity index (χ3n) is 7.70. The standard InChI is InChI=1S/C34H37N3O4S/c1-5-6-17-40-30-28-18-22(31(35)42)15-16-27(28)33(38)37(19-21(2)3)32(30)36(4)34(39)41-20-29-25-13-9-7-11-23(25)24-12-8-10-14-26(24)29/h7-16,18,21,29H,5-6,17,19-20H2,1-4H3,(H2,35,42). The predicted octanol–water partition coefficient (Wildman–Crippen LogP) is 6.86. The molecule has 42 heavy (non-hydrogen) atoms. The highest BCUT2D eigenvalue weighted by Gasteiger charge is 2.31. The summed E-state index contributed by atoms with van der Waals surface area (Å²) in [6, 6.07) is 21.7. The van der Waals surface area contributed by atoms with Gasteiger partial charge in [-0.05, 0) is 46.7 Å². The van der Waals surface area contributed by atoms with E-state index in [0.29, 0.717) is 41.1 Å². The topological polar surface area (TPSA) is 86.8 Å². The van der Waals surface area contributed by atoms with Crippen LogP contribution in [-0.2, 0) is 11.3 Å². The summed E-state index contributed by atoms with van der Waals surface area (Å²) in [6.07, 6.45) is 1.17. The molecule has 7 nitrogen and oxygen atoms in total. The van der Waals surface area contributed by atoms with Crippen LogP contribution in [0.1, 0.15) is 56.2 Å². The molecule has 3 aromatic carbocycles. The van der Waals surface area contributed by atoms with Crippen LogP contribution in [0.25, 0.3) is 21.9 Å². The molecule has 0 saturated heterocycles. The highest BCUT2D eigenvalue weighted by Crippen LogP contribution is 2.44. The number of anilines is 1. The Hall–Kier alpha value is -4.17. The van der Waals surface area contributed by atoms with Gasteiger partial charge in [0.15, 0.2) is 11.6 Å². The van der Waals surface area contributed by atoms with Gasteiger partial charge in [-0.25, -0.2) is 4.79 Å². The number of ether oxygens (including phenoxy) is 2. The predicted molar refractivity (Wildman–Crippen MR) is 173 cm³/mol. The van der Waals surface area contributed by atoms with Crippen molar-refractivity contribution < 1.29 is 14.3 Å². The minimum Gasteiger partial charge on any atom is -0.489 e. The Morgan fingerprint density at radius 3 is 2.26 bits per heavy atom. The third kappa shape index (κ3) is 5.51. The normalized spacial score (nSPS) is 12.3. The second-order valence-electron chi connectivity index (χ2n) is 11.2. The average Bonchev–Trinajstić information content (AvgIpc) is 3.30. The Morgan fingerprint density at radius 2 is 1.67 bits per heavy atom. The summed E-state index contributed by atoms with van der Waals surface area (Å²) in [4.78, 5) is 29.3. The molecule has 0 aliphatic heterocycles. The van der Waals surface area contributed by atoms with E-state index < -0.39 is 6.09 Å². The molecule has 0 saturated carbocycles. The number of fused-ring (bicyclic) bond motifs is 4. The van der Waals surface area contributed by atoms with Gasteiger partial charge in [0.05, 0.1) is 12.0 Å². The van der Waals surface area contributed by atoms with Crippen LogP contribution in [0, 0.1) is 5.92 Å². The molecule has 1 aliphatic carbocycles. The van der Waals surface area contributed by atoms with E-state index in [2.05, 4.69) is 31.2 Å². The quantitative estimate of drug-likeness (QED) is 0.162. The number of benzene rings is 3. The minimum atomic E-state index is -0.570. The van der Waals surface area contributed by atoms with E-state index >= 15 is 0 Å². The molecule has 0 atom stereocenters. The first-order chi connectivity index (χ1) is 20.2. The first kappa shape index (κ1) is 29.3. The second-order valence-corrected chi connectivity index (χ2v) is 11.6. The van der Waals surface area contributed by atoms with E-state index in [1.165, 1.54) is 4.90 Å². The van der Waals surface area contributed by atoms with E-state index in [-0.39, 0.29) is 29.0 Å². The van der Waals surface area contributed by atoms with Crippen molar-refractivity contribution in [3.63, 3.8) is 0 Å². The van der Waals surface area contributed by atoms with Crippen LogP contribution in [0.4, 0.5) is 10.6 Å². The fraction of sp³-hybridized carbons (Fsp3) is 0.324. The smallest absolute Gasteiger partial charge is 0.415 e. The lowest BCUT2D eigenvalue weighted by Crippen LogP contribution is -2.36. The summed E-state index contributed by atoms with van der Waals surface area (Å²) in [7, 11) is 1.63. The Kier molecular flexibility index (Phi) is 8.64. The summed E-state index contributed by atoms with van der Waals surface area (Å²) < 4.78 is 14.0. The molecule has 0 spiro atoms. The largest absolute Gasteiger partial charge is 0.489 e. The molecule has 218 valence electrons. The molecule has 1 aromatic heterocycles. The number of amides is 1. The molecule has 1 aliphatic rings. The zero-order valence-corrected chi connectivity index (χ0v) is 25.4. The minimum absolute atomic E-state index is 0.0855. The van der Waals surface area contributed by atoms with E-state index in [9.17, 15) is 9.59 Å². The Morgan fingerprint density at radius 1 is 1.02 bits per heavy atom. The van der Waals surface area contributed by atoms with Crippen LogP contribution in [0.5, 0.6) is 5.75 Å². The van der Waals surface area contributed by atoms with Crippen LogP contribution in [0.2, 0.25) is 0 Å². The van der Waals surface area contributed by atoms with Gasteiger partial charge in [-0.3, -0.25) is 14.3 Å². The highest BCUT2D eigenvalue weighted by molar-refractivity contribution is 7.80. The fourth-order valence-corrected chi connectivity index (χ4v) is 5.79. The summed E-state index contributed by atoms with van der Waals surface area (Å²) in [5.41, 5.74) is 10.9. The number of aromatic nitrogens is 1. The molecule has 0 fully saturated rings. The van der Waals surface area contributed by atoms with Gasteiger partial charge < -0.3 is 15.2 Å². The maximum Gasteiger partial charge on any atom is 0.415 e. The van der Waals surface area contributed by atoms with Gasteiger partial charge in [0.1, 0.15) is 11.6 Å². The van der Waals surface area contributed by atoms with Gasteiger partial charge in [0.2, 0.25) is 0 Å². The molecule has 2 N–H and O–H groups in total. The van der Waals surface area contributed by atoms with Crippen molar-refractivity contribution in [2.45, 2.75) is 46.1 Å². The van der Waals surface area contributed by atoms with Gasteiger partial charge >= 0.3 is 6.09 Å². The third-order valence-corrected chi connectivity index (χ3v) is 7.94. The number of carbonyl (C=O) groups is 1. The molecule has 4 aromatic rings. The zero-order valence-electron chi connectivity index (χ0n) is 24.6. The van der Waals surface area contributed by atoms with Crippen molar-refractivity contribution in [3.8, 4) is 16.9 Å². The second kappa shape index (κ2) is 12.4. The van der Waals surface area contributed by atoms with Crippen molar-refractivity contribution in [2.24, 2.45) is 11.7 Å². The number of nitrogens with two attached hydrogens (primary N) is 1. The molecular weight excluding hydrogens is 546 g/mol. The van der Waals surface area contributed by atoms with Gasteiger partial charge in [0, 0.05) is 30.5 Å². The highest BCUT2D eigenvalue weighted by atomic mass is 32.1. The Labute approximate surface area is 251 Å². The summed E-state index contributed by atoms with van der Waals surface area (Å²) in [5.74, 6) is 0.842. The number of hydrogen-bond donors (Lipinski definition) is 1. The number of hydrogen-bond acceptors (Lipinski definition) is 5. The lowest BCUT2D eigenvalue weighted by Gasteiger charge is -2.27. The van der Waals surface area contributed by atoms with Crippen molar-refractivity contribution in [1.82, 2.24) is 4.57 Å². The number of nitrogens with zero attached hydrogens (tertiary/aromatic N) is 2. The van der Waals surface area contributed by atoms with Crippen LogP contribution in [-0.4, -0.2) is 35.9 Å². The lowest BCUT2D eigenvalue weighted by molar-refractivity contribution is 0.151. The average molecular weight is 584 g/mol. The van der Waals surface area contributed by atoms with E-state index in [1.807, 2.05) is 38.1 Å². The SMILES string of the molecule is CCCCOc1c(N(C)C(=O)OCC2c3ccccc3-c3ccccc32)n(CC(C)C)c(=O)c2ccc(C(N)=S)cc12.